The molecule has 1 saturated heterocycles. The lowest BCUT2D eigenvalue weighted by molar-refractivity contribution is -0.132. The number of piperidine rings is 1. The number of likely N-dealkylation sites (tertiary alicyclic amines) is 1. The lowest BCUT2D eigenvalue weighted by atomic mass is 9.95. The Bertz CT molecular complexity index is 467. The van der Waals surface area contributed by atoms with E-state index in [0.29, 0.717) is 6.42 Å². The van der Waals surface area contributed by atoms with Gasteiger partial charge in [-0.25, -0.2) is 0 Å². The molecule has 2 rings (SSSR count). The van der Waals surface area contributed by atoms with E-state index >= 15 is 0 Å². The Morgan fingerprint density at radius 2 is 1.89 bits per heavy atom. The summed E-state index contributed by atoms with van der Waals surface area (Å²) < 4.78 is 0. The summed E-state index contributed by atoms with van der Waals surface area (Å²) in [5.41, 5.74) is 2.11. The number of hydrogen-bond donors (Lipinski definition) is 0. The van der Waals surface area contributed by atoms with Crippen LogP contribution in [0.3, 0.4) is 0 Å². The van der Waals surface area contributed by atoms with E-state index in [4.69, 9.17) is 0 Å². The number of nitriles is 1. The van der Waals surface area contributed by atoms with Gasteiger partial charge in [-0.05, 0) is 31.7 Å². The van der Waals surface area contributed by atoms with E-state index in [-0.39, 0.29) is 11.8 Å². The first-order valence-corrected chi connectivity index (χ1v) is 6.94. The number of rotatable bonds is 3. The number of carbonyl (C=O) groups excluding carboxylic acids is 1. The maximum atomic E-state index is 12.2. The molecule has 0 saturated carbocycles. The Morgan fingerprint density at radius 1 is 1.26 bits per heavy atom. The number of aryl methyl sites for hydroxylation is 1. The third-order valence-electron chi connectivity index (χ3n) is 3.72. The number of nitrogens with zero attached hydrogens (tertiary/aromatic N) is 2. The van der Waals surface area contributed by atoms with Gasteiger partial charge in [-0.3, -0.25) is 4.79 Å². The van der Waals surface area contributed by atoms with Gasteiger partial charge in [0.25, 0.3) is 0 Å². The Hall–Kier alpha value is -1.82. The molecule has 1 aliphatic rings. The maximum Gasteiger partial charge on any atom is 0.224 e. The van der Waals surface area contributed by atoms with Crippen LogP contribution in [0.4, 0.5) is 0 Å². The second-order valence-electron chi connectivity index (χ2n) is 5.24. The first-order valence-electron chi connectivity index (χ1n) is 6.94. The third-order valence-corrected chi connectivity index (χ3v) is 3.72. The second kappa shape index (κ2) is 6.38. The molecule has 19 heavy (non-hydrogen) atoms. The molecule has 1 unspecified atom stereocenters. The van der Waals surface area contributed by atoms with Crippen LogP contribution < -0.4 is 0 Å². The van der Waals surface area contributed by atoms with Crippen LogP contribution in [-0.4, -0.2) is 23.9 Å². The van der Waals surface area contributed by atoms with Crippen LogP contribution in [0.2, 0.25) is 0 Å². The van der Waals surface area contributed by atoms with E-state index in [1.54, 1.807) is 0 Å². The Morgan fingerprint density at radius 3 is 2.47 bits per heavy atom. The van der Waals surface area contributed by atoms with Crippen molar-refractivity contribution in [3.05, 3.63) is 35.4 Å². The van der Waals surface area contributed by atoms with Gasteiger partial charge in [0, 0.05) is 19.5 Å². The summed E-state index contributed by atoms with van der Waals surface area (Å²) >= 11 is 0. The molecule has 0 radical (unpaired) electrons. The predicted octanol–water partition coefficient (Wildman–Crippen LogP) is 3.00. The average molecular weight is 256 g/mol. The minimum absolute atomic E-state index is 0.117. The van der Waals surface area contributed by atoms with Crippen LogP contribution in [0.25, 0.3) is 0 Å². The zero-order chi connectivity index (χ0) is 13.7. The van der Waals surface area contributed by atoms with Gasteiger partial charge < -0.3 is 4.90 Å². The topological polar surface area (TPSA) is 44.1 Å². The van der Waals surface area contributed by atoms with Crippen molar-refractivity contribution < 1.29 is 4.79 Å². The van der Waals surface area contributed by atoms with Gasteiger partial charge in [0.15, 0.2) is 0 Å². The molecule has 0 aromatic heterocycles. The van der Waals surface area contributed by atoms with Crippen LogP contribution in [0.15, 0.2) is 24.3 Å². The van der Waals surface area contributed by atoms with Crippen molar-refractivity contribution in [1.82, 2.24) is 4.90 Å². The van der Waals surface area contributed by atoms with Crippen LogP contribution in [0.1, 0.15) is 42.7 Å². The standard InChI is InChI=1S/C16H20N2O/c1-13-5-7-14(8-6-13)15(12-17)11-16(19)18-9-3-2-4-10-18/h5-8,15H,2-4,9-11H2,1H3. The zero-order valence-electron chi connectivity index (χ0n) is 11.4. The molecular formula is C16H20N2O. The molecule has 1 atom stereocenters. The highest BCUT2D eigenvalue weighted by Crippen LogP contribution is 2.21. The van der Waals surface area contributed by atoms with Crippen molar-refractivity contribution in [2.45, 2.75) is 38.5 Å². The molecule has 0 N–H and O–H groups in total. The average Bonchev–Trinajstić information content (AvgIpc) is 2.46. The van der Waals surface area contributed by atoms with Crippen LogP contribution in [0, 0.1) is 18.3 Å². The highest BCUT2D eigenvalue weighted by Gasteiger charge is 2.21. The van der Waals surface area contributed by atoms with E-state index in [0.717, 1.165) is 31.5 Å². The van der Waals surface area contributed by atoms with Crippen molar-refractivity contribution in [3.8, 4) is 6.07 Å². The molecule has 1 amide bonds. The van der Waals surface area contributed by atoms with Gasteiger partial charge in [-0.2, -0.15) is 5.26 Å². The third kappa shape index (κ3) is 3.57. The molecule has 1 aromatic carbocycles. The van der Waals surface area contributed by atoms with E-state index in [2.05, 4.69) is 6.07 Å². The maximum absolute atomic E-state index is 12.2. The summed E-state index contributed by atoms with van der Waals surface area (Å²) in [6.07, 6.45) is 3.70. The van der Waals surface area contributed by atoms with Crippen LogP contribution in [0.5, 0.6) is 0 Å². The molecule has 0 aliphatic carbocycles. The Balaban J connectivity index is 2.00. The highest BCUT2D eigenvalue weighted by molar-refractivity contribution is 5.77. The number of carbonyl (C=O) groups is 1. The SMILES string of the molecule is Cc1ccc(C(C#N)CC(=O)N2CCCCC2)cc1. The molecule has 100 valence electrons. The first-order chi connectivity index (χ1) is 9.20. The minimum atomic E-state index is -0.324. The van der Waals surface area contributed by atoms with E-state index in [1.165, 1.54) is 12.0 Å². The fraction of sp³-hybridized carbons (Fsp3) is 0.500. The molecule has 1 fully saturated rings. The summed E-state index contributed by atoms with van der Waals surface area (Å²) in [5, 5.41) is 9.28. The molecule has 0 spiro atoms. The largest absolute Gasteiger partial charge is 0.343 e. The predicted molar refractivity (Wildman–Crippen MR) is 74.6 cm³/mol. The summed E-state index contributed by atoms with van der Waals surface area (Å²) in [6, 6.07) is 10.1. The fourth-order valence-corrected chi connectivity index (χ4v) is 2.48. The smallest absolute Gasteiger partial charge is 0.224 e. The summed E-state index contributed by atoms with van der Waals surface area (Å²) in [5.74, 6) is -0.207. The number of hydrogen-bond acceptors (Lipinski definition) is 2. The summed E-state index contributed by atoms with van der Waals surface area (Å²) in [4.78, 5) is 14.1. The quantitative estimate of drug-likeness (QED) is 0.834. The van der Waals surface area contributed by atoms with Gasteiger partial charge >= 0.3 is 0 Å². The van der Waals surface area contributed by atoms with Crippen LogP contribution >= 0.6 is 0 Å². The fourth-order valence-electron chi connectivity index (χ4n) is 2.48. The minimum Gasteiger partial charge on any atom is -0.343 e. The highest BCUT2D eigenvalue weighted by atomic mass is 16.2. The van der Waals surface area contributed by atoms with Crippen molar-refractivity contribution in [3.63, 3.8) is 0 Å². The van der Waals surface area contributed by atoms with Gasteiger partial charge in [0.1, 0.15) is 0 Å². The monoisotopic (exact) mass is 256 g/mol. The molecule has 0 bridgehead atoms. The van der Waals surface area contributed by atoms with E-state index in [9.17, 15) is 10.1 Å². The van der Waals surface area contributed by atoms with Gasteiger partial charge in [-0.1, -0.05) is 29.8 Å². The van der Waals surface area contributed by atoms with Crippen molar-refractivity contribution in [2.75, 3.05) is 13.1 Å². The summed E-state index contributed by atoms with van der Waals surface area (Å²) in [7, 11) is 0. The van der Waals surface area contributed by atoms with Gasteiger partial charge in [0.2, 0.25) is 5.91 Å². The lowest BCUT2D eigenvalue weighted by Gasteiger charge is -2.27. The molecular weight excluding hydrogens is 236 g/mol. The molecule has 1 heterocycles. The molecule has 1 aliphatic heterocycles. The second-order valence-corrected chi connectivity index (χ2v) is 5.24. The normalized spacial score (nSPS) is 16.7. The summed E-state index contributed by atoms with van der Waals surface area (Å²) in [6.45, 7) is 3.72. The first kappa shape index (κ1) is 13.6. The van der Waals surface area contributed by atoms with Gasteiger partial charge in [0.05, 0.1) is 12.0 Å². The molecule has 3 heteroatoms. The molecule has 1 aromatic rings. The van der Waals surface area contributed by atoms with Crippen molar-refractivity contribution in [1.29, 1.82) is 5.26 Å². The van der Waals surface area contributed by atoms with Crippen molar-refractivity contribution in [2.24, 2.45) is 0 Å². The molecule has 3 nitrogen and oxygen atoms in total. The van der Waals surface area contributed by atoms with Crippen LogP contribution in [-0.2, 0) is 4.79 Å². The Labute approximate surface area is 114 Å². The number of benzene rings is 1. The lowest BCUT2D eigenvalue weighted by Crippen LogP contribution is -2.36. The van der Waals surface area contributed by atoms with Gasteiger partial charge in [-0.15, -0.1) is 0 Å². The zero-order valence-corrected chi connectivity index (χ0v) is 11.4. The van der Waals surface area contributed by atoms with Crippen molar-refractivity contribution >= 4 is 5.91 Å². The number of amides is 1. The van der Waals surface area contributed by atoms with E-state index in [1.807, 2.05) is 36.1 Å². The Kier molecular flexibility index (Phi) is 4.57. The van der Waals surface area contributed by atoms with E-state index < -0.39 is 0 Å².